The van der Waals surface area contributed by atoms with Crippen LogP contribution in [-0.2, 0) is 16.7 Å². The van der Waals surface area contributed by atoms with Crippen LogP contribution in [-0.4, -0.2) is 37.7 Å². The average Bonchev–Trinajstić information content (AvgIpc) is 2.89. The molecule has 1 aromatic heterocycles. The molecule has 1 aromatic rings. The smallest absolute Gasteiger partial charge is 0.117 e. The zero-order valence-corrected chi connectivity index (χ0v) is 13.2. The van der Waals surface area contributed by atoms with Gasteiger partial charge in [-0.3, -0.25) is 0 Å². The third kappa shape index (κ3) is 3.48. The van der Waals surface area contributed by atoms with Crippen molar-refractivity contribution in [3.05, 3.63) is 40.0 Å². The Kier molecular flexibility index (Phi) is 4.96. The van der Waals surface area contributed by atoms with Crippen LogP contribution in [0.2, 0.25) is 0 Å². The van der Waals surface area contributed by atoms with Gasteiger partial charge < -0.3 is 15.4 Å². The molecule has 0 aliphatic heterocycles. The lowest BCUT2D eigenvalue weighted by atomic mass is 9.92. The lowest BCUT2D eigenvalue weighted by Crippen LogP contribution is -2.35. The molecule has 20 heavy (non-hydrogen) atoms. The van der Waals surface area contributed by atoms with E-state index in [0.29, 0.717) is 0 Å². The van der Waals surface area contributed by atoms with Gasteiger partial charge in [-0.2, -0.15) is 0 Å². The van der Waals surface area contributed by atoms with E-state index in [1.165, 1.54) is 5.70 Å². The van der Waals surface area contributed by atoms with Crippen LogP contribution in [0.5, 0.6) is 0 Å². The van der Waals surface area contributed by atoms with Crippen LogP contribution >= 0.6 is 11.3 Å². The predicted molar refractivity (Wildman–Crippen MR) is 83.7 cm³/mol. The number of hydrogen-bond acceptors (Lipinski definition) is 5. The third-order valence-corrected chi connectivity index (χ3v) is 4.53. The van der Waals surface area contributed by atoms with Gasteiger partial charge in [0.25, 0.3) is 0 Å². The van der Waals surface area contributed by atoms with Gasteiger partial charge in [0.2, 0.25) is 0 Å². The molecule has 2 N–H and O–H groups in total. The highest BCUT2D eigenvalue weighted by atomic mass is 32.1. The van der Waals surface area contributed by atoms with Gasteiger partial charge in [-0.1, -0.05) is 12.2 Å². The zero-order valence-electron chi connectivity index (χ0n) is 12.4. The second kappa shape index (κ2) is 6.52. The molecule has 0 amide bonds. The highest BCUT2D eigenvalue weighted by molar-refractivity contribution is 7.09. The maximum atomic E-state index is 6.48. The topological polar surface area (TPSA) is 51.4 Å². The summed E-state index contributed by atoms with van der Waals surface area (Å²) in [5.41, 5.74) is 8.34. The number of thiazole rings is 1. The number of likely N-dealkylation sites (N-methyl/N-ethyl adjacent to an activating group) is 1. The molecule has 2 rings (SSSR count). The van der Waals surface area contributed by atoms with E-state index in [4.69, 9.17) is 15.5 Å². The van der Waals surface area contributed by atoms with Crippen molar-refractivity contribution in [3.63, 3.8) is 0 Å². The molecule has 0 bridgehead atoms. The van der Waals surface area contributed by atoms with Crippen molar-refractivity contribution in [1.29, 1.82) is 0 Å². The fourth-order valence-corrected chi connectivity index (χ4v) is 3.13. The highest BCUT2D eigenvalue weighted by Crippen LogP contribution is 2.31. The van der Waals surface area contributed by atoms with Crippen LogP contribution in [0.3, 0.4) is 0 Å². The first kappa shape index (κ1) is 15.2. The lowest BCUT2D eigenvalue weighted by Gasteiger charge is -2.27. The summed E-state index contributed by atoms with van der Waals surface area (Å²) in [7, 11) is 5.80. The predicted octanol–water partition coefficient (Wildman–Crippen LogP) is 2.28. The summed E-state index contributed by atoms with van der Waals surface area (Å²) in [6.45, 7) is 0.773. The number of hydrogen-bond donors (Lipinski definition) is 1. The molecule has 1 atom stereocenters. The third-order valence-electron chi connectivity index (χ3n) is 3.45. The molecule has 0 saturated carbocycles. The molecule has 0 spiro atoms. The van der Waals surface area contributed by atoms with Gasteiger partial charge in [-0.15, -0.1) is 11.3 Å². The number of methoxy groups -OCH3 is 1. The zero-order chi connectivity index (χ0) is 14.6. The average molecular weight is 293 g/mol. The molecule has 5 heteroatoms. The summed E-state index contributed by atoms with van der Waals surface area (Å²) in [6.07, 6.45) is 9.06. The molecule has 1 unspecified atom stereocenters. The first-order valence-electron chi connectivity index (χ1n) is 6.84. The Labute approximate surface area is 124 Å². The Hall–Kier alpha value is -1.17. The van der Waals surface area contributed by atoms with E-state index in [0.717, 1.165) is 36.6 Å². The van der Waals surface area contributed by atoms with Crippen molar-refractivity contribution >= 4 is 11.3 Å². The van der Waals surface area contributed by atoms with Gasteiger partial charge in [0.15, 0.2) is 0 Å². The summed E-state index contributed by atoms with van der Waals surface area (Å²) in [5, 5.41) is 3.11. The highest BCUT2D eigenvalue weighted by Gasteiger charge is 2.29. The van der Waals surface area contributed by atoms with Gasteiger partial charge in [0, 0.05) is 38.9 Å². The maximum absolute atomic E-state index is 6.48. The van der Waals surface area contributed by atoms with Crippen LogP contribution in [0.15, 0.2) is 29.3 Å². The first-order chi connectivity index (χ1) is 9.55. The summed E-state index contributed by atoms with van der Waals surface area (Å²) in [5.74, 6) is 0. The quantitative estimate of drug-likeness (QED) is 0.818. The number of rotatable bonds is 6. The van der Waals surface area contributed by atoms with Gasteiger partial charge >= 0.3 is 0 Å². The van der Waals surface area contributed by atoms with E-state index in [1.807, 2.05) is 14.1 Å². The normalized spacial score (nSPS) is 21.9. The Morgan fingerprint density at radius 1 is 1.50 bits per heavy atom. The largest absolute Gasteiger partial charge is 0.385 e. The molecule has 0 saturated heterocycles. The minimum Gasteiger partial charge on any atom is -0.385 e. The monoisotopic (exact) mass is 293 g/mol. The standard InChI is InChI=1S/C15H23N3OS/c1-18(2)13-6-8-15(16,9-7-13)14-17-12(11-20-14)5-4-10-19-3/h6-8,11H,4-5,9-10,16H2,1-3H3. The number of aromatic nitrogens is 1. The second-order valence-electron chi connectivity index (χ2n) is 5.34. The minimum atomic E-state index is -0.455. The molecule has 0 fully saturated rings. The van der Waals surface area contributed by atoms with E-state index in [1.54, 1.807) is 18.4 Å². The first-order valence-corrected chi connectivity index (χ1v) is 7.72. The van der Waals surface area contributed by atoms with E-state index in [2.05, 4.69) is 28.5 Å². The maximum Gasteiger partial charge on any atom is 0.117 e. The Bertz CT molecular complexity index is 507. The van der Waals surface area contributed by atoms with Crippen LogP contribution in [0.4, 0.5) is 0 Å². The fraction of sp³-hybridized carbons (Fsp3) is 0.533. The SMILES string of the molecule is COCCCc1csc(C2(N)C=CC(N(C)C)=CC2)n1. The van der Waals surface area contributed by atoms with Crippen molar-refractivity contribution in [2.45, 2.75) is 24.8 Å². The summed E-state index contributed by atoms with van der Waals surface area (Å²) >= 11 is 1.65. The van der Waals surface area contributed by atoms with Crippen LogP contribution in [0, 0.1) is 0 Å². The van der Waals surface area contributed by atoms with Gasteiger partial charge in [0.1, 0.15) is 5.01 Å². The lowest BCUT2D eigenvalue weighted by molar-refractivity contribution is 0.195. The minimum absolute atomic E-state index is 0.455. The van der Waals surface area contributed by atoms with E-state index in [9.17, 15) is 0 Å². The molecule has 1 heterocycles. The van der Waals surface area contributed by atoms with Crippen LogP contribution in [0.25, 0.3) is 0 Å². The molecule has 1 aliphatic carbocycles. The number of ether oxygens (including phenoxy) is 1. The Balaban J connectivity index is 2.03. The van der Waals surface area contributed by atoms with Gasteiger partial charge in [-0.25, -0.2) is 4.98 Å². The molecule has 0 radical (unpaired) electrons. The molecule has 0 aromatic carbocycles. The van der Waals surface area contributed by atoms with Crippen molar-refractivity contribution in [2.24, 2.45) is 5.73 Å². The number of nitrogens with two attached hydrogens (primary N) is 1. The number of nitrogens with zero attached hydrogens (tertiary/aromatic N) is 2. The van der Waals surface area contributed by atoms with Crippen LogP contribution < -0.4 is 5.73 Å². The summed E-state index contributed by atoms with van der Waals surface area (Å²) in [4.78, 5) is 6.78. The summed E-state index contributed by atoms with van der Waals surface area (Å²) in [6, 6.07) is 0. The molecule has 110 valence electrons. The molecule has 4 nitrogen and oxygen atoms in total. The van der Waals surface area contributed by atoms with E-state index < -0.39 is 5.54 Å². The van der Waals surface area contributed by atoms with Gasteiger partial charge in [0.05, 0.1) is 11.2 Å². The fourth-order valence-electron chi connectivity index (χ4n) is 2.17. The van der Waals surface area contributed by atoms with Crippen molar-refractivity contribution in [3.8, 4) is 0 Å². The van der Waals surface area contributed by atoms with E-state index in [-0.39, 0.29) is 0 Å². The Morgan fingerprint density at radius 2 is 2.30 bits per heavy atom. The van der Waals surface area contributed by atoms with Crippen molar-refractivity contribution < 1.29 is 4.74 Å². The van der Waals surface area contributed by atoms with E-state index >= 15 is 0 Å². The Morgan fingerprint density at radius 3 is 2.90 bits per heavy atom. The number of allylic oxidation sites excluding steroid dienone is 1. The second-order valence-corrected chi connectivity index (χ2v) is 6.20. The van der Waals surface area contributed by atoms with Crippen molar-refractivity contribution in [1.82, 2.24) is 9.88 Å². The van der Waals surface area contributed by atoms with Crippen LogP contribution in [0.1, 0.15) is 23.5 Å². The summed E-state index contributed by atoms with van der Waals surface area (Å²) < 4.78 is 5.07. The van der Waals surface area contributed by atoms with Gasteiger partial charge in [-0.05, 0) is 25.3 Å². The molecule has 1 aliphatic rings. The molecular formula is C15H23N3OS. The van der Waals surface area contributed by atoms with Crippen molar-refractivity contribution in [2.75, 3.05) is 27.8 Å². The molecular weight excluding hydrogens is 270 g/mol. The number of aryl methyl sites for hydroxylation is 1.